The van der Waals surface area contributed by atoms with Crippen molar-refractivity contribution in [2.24, 2.45) is 0 Å². The summed E-state index contributed by atoms with van der Waals surface area (Å²) in [6.45, 7) is 2.05. The summed E-state index contributed by atoms with van der Waals surface area (Å²) in [6, 6.07) is 8.74. The van der Waals surface area contributed by atoms with Crippen LogP contribution < -0.4 is 9.47 Å². The lowest BCUT2D eigenvalue weighted by Gasteiger charge is -2.05. The molecule has 0 aliphatic carbocycles. The molecule has 0 bridgehead atoms. The van der Waals surface area contributed by atoms with Gasteiger partial charge in [0.2, 0.25) is 0 Å². The Morgan fingerprint density at radius 3 is 2.22 bits per heavy atom. The molecule has 0 fully saturated rings. The fourth-order valence-corrected chi connectivity index (χ4v) is 1.64. The topological polar surface area (TPSA) is 57.1 Å². The average Bonchev–Trinajstić information content (AvgIpc) is 2.38. The predicted molar refractivity (Wildman–Crippen MR) is 66.9 cm³/mol. The Bertz CT molecular complexity index is 521. The summed E-state index contributed by atoms with van der Waals surface area (Å²) in [4.78, 5) is 12.4. The average molecular weight is 245 g/mol. The number of rotatable bonds is 4. The van der Waals surface area contributed by atoms with Crippen LogP contribution in [-0.4, -0.2) is 29.2 Å². The Balaban J connectivity index is 2.28. The number of ether oxygens (including phenoxy) is 2. The number of aryl methyl sites for hydroxylation is 1. The van der Waals surface area contributed by atoms with Gasteiger partial charge in [-0.05, 0) is 12.5 Å². The maximum atomic E-state index is 5.02. The number of nitrogens with zero attached hydrogens (tertiary/aromatic N) is 3. The van der Waals surface area contributed by atoms with E-state index in [4.69, 9.17) is 9.47 Å². The van der Waals surface area contributed by atoms with Crippen LogP contribution in [0.25, 0.3) is 0 Å². The van der Waals surface area contributed by atoms with E-state index in [1.165, 1.54) is 19.8 Å². The highest BCUT2D eigenvalue weighted by Crippen LogP contribution is 2.13. The molecule has 0 radical (unpaired) electrons. The van der Waals surface area contributed by atoms with Gasteiger partial charge in [0.15, 0.2) is 0 Å². The van der Waals surface area contributed by atoms with Crippen LogP contribution in [0, 0.1) is 6.92 Å². The van der Waals surface area contributed by atoms with Gasteiger partial charge in [0.25, 0.3) is 0 Å². The van der Waals surface area contributed by atoms with Crippen molar-refractivity contribution in [3.8, 4) is 12.0 Å². The Hall–Kier alpha value is -2.17. The molecule has 0 aliphatic rings. The van der Waals surface area contributed by atoms with Crippen LogP contribution in [0.5, 0.6) is 12.0 Å². The first kappa shape index (κ1) is 12.3. The molecule has 0 aliphatic heterocycles. The van der Waals surface area contributed by atoms with E-state index >= 15 is 0 Å². The molecule has 1 aromatic heterocycles. The van der Waals surface area contributed by atoms with Gasteiger partial charge in [0, 0.05) is 6.42 Å². The van der Waals surface area contributed by atoms with Crippen molar-refractivity contribution < 1.29 is 9.47 Å². The summed E-state index contributed by atoms with van der Waals surface area (Å²) >= 11 is 0. The first-order valence-electron chi connectivity index (χ1n) is 5.59. The first-order valence-corrected chi connectivity index (χ1v) is 5.59. The van der Waals surface area contributed by atoms with Crippen molar-refractivity contribution in [1.82, 2.24) is 15.0 Å². The fourth-order valence-electron chi connectivity index (χ4n) is 1.64. The normalized spacial score (nSPS) is 10.2. The molecule has 1 aromatic carbocycles. The predicted octanol–water partition coefficient (Wildman–Crippen LogP) is 1.79. The Morgan fingerprint density at radius 1 is 1.00 bits per heavy atom. The number of hydrogen-bond donors (Lipinski definition) is 0. The van der Waals surface area contributed by atoms with Gasteiger partial charge in [-0.3, -0.25) is 0 Å². The third-order valence-electron chi connectivity index (χ3n) is 2.45. The van der Waals surface area contributed by atoms with Gasteiger partial charge >= 0.3 is 12.0 Å². The van der Waals surface area contributed by atoms with Crippen LogP contribution >= 0.6 is 0 Å². The number of hydrogen-bond acceptors (Lipinski definition) is 5. The Kier molecular flexibility index (Phi) is 3.72. The standard InChI is InChI=1S/C13H15N3O2/c1-9-5-4-6-10(7-9)8-11-14-12(17-2)16-13(15-11)18-3/h4-7H,8H2,1-3H3. The van der Waals surface area contributed by atoms with Gasteiger partial charge < -0.3 is 9.47 Å². The molecule has 2 aromatic rings. The molecule has 0 saturated heterocycles. The molecule has 0 N–H and O–H groups in total. The zero-order valence-electron chi connectivity index (χ0n) is 10.7. The molecule has 0 saturated carbocycles. The Labute approximate surface area is 106 Å². The second-order valence-corrected chi connectivity index (χ2v) is 3.89. The van der Waals surface area contributed by atoms with Gasteiger partial charge in [0.05, 0.1) is 14.2 Å². The molecular weight excluding hydrogens is 230 g/mol. The lowest BCUT2D eigenvalue weighted by atomic mass is 10.1. The van der Waals surface area contributed by atoms with E-state index in [9.17, 15) is 0 Å². The van der Waals surface area contributed by atoms with Crippen molar-refractivity contribution in [3.05, 3.63) is 41.2 Å². The lowest BCUT2D eigenvalue weighted by molar-refractivity contribution is 0.337. The van der Waals surface area contributed by atoms with E-state index in [-0.39, 0.29) is 12.0 Å². The quantitative estimate of drug-likeness (QED) is 0.822. The maximum absolute atomic E-state index is 5.02. The Morgan fingerprint density at radius 2 is 1.67 bits per heavy atom. The van der Waals surface area contributed by atoms with E-state index in [1.807, 2.05) is 12.1 Å². The van der Waals surface area contributed by atoms with Crippen LogP contribution in [0.2, 0.25) is 0 Å². The molecule has 0 amide bonds. The monoisotopic (exact) mass is 245 g/mol. The van der Waals surface area contributed by atoms with Crippen LogP contribution in [-0.2, 0) is 6.42 Å². The van der Waals surface area contributed by atoms with E-state index in [0.29, 0.717) is 12.2 Å². The van der Waals surface area contributed by atoms with Crippen LogP contribution in [0.4, 0.5) is 0 Å². The van der Waals surface area contributed by atoms with Crippen LogP contribution in [0.15, 0.2) is 24.3 Å². The zero-order valence-corrected chi connectivity index (χ0v) is 10.7. The van der Waals surface area contributed by atoms with Crippen molar-refractivity contribution in [1.29, 1.82) is 0 Å². The van der Waals surface area contributed by atoms with Gasteiger partial charge in [0.1, 0.15) is 5.82 Å². The SMILES string of the molecule is COc1nc(Cc2cccc(C)c2)nc(OC)n1. The van der Waals surface area contributed by atoms with Crippen LogP contribution in [0.1, 0.15) is 17.0 Å². The molecule has 1 heterocycles. The minimum Gasteiger partial charge on any atom is -0.467 e. The minimum absolute atomic E-state index is 0.268. The summed E-state index contributed by atoms with van der Waals surface area (Å²) in [5, 5.41) is 0. The lowest BCUT2D eigenvalue weighted by Crippen LogP contribution is -2.04. The zero-order chi connectivity index (χ0) is 13.0. The number of methoxy groups -OCH3 is 2. The highest BCUT2D eigenvalue weighted by molar-refractivity contribution is 5.25. The fraction of sp³-hybridized carbons (Fsp3) is 0.308. The molecule has 2 rings (SSSR count). The number of benzene rings is 1. The maximum Gasteiger partial charge on any atom is 0.322 e. The summed E-state index contributed by atoms with van der Waals surface area (Å²) in [5.74, 6) is 0.629. The summed E-state index contributed by atoms with van der Waals surface area (Å²) in [5.41, 5.74) is 2.35. The highest BCUT2D eigenvalue weighted by atomic mass is 16.5. The number of aromatic nitrogens is 3. The van der Waals surface area contributed by atoms with Crippen molar-refractivity contribution in [3.63, 3.8) is 0 Å². The van der Waals surface area contributed by atoms with Gasteiger partial charge in [-0.1, -0.05) is 29.8 Å². The van der Waals surface area contributed by atoms with E-state index < -0.39 is 0 Å². The van der Waals surface area contributed by atoms with Crippen molar-refractivity contribution in [2.45, 2.75) is 13.3 Å². The third kappa shape index (κ3) is 2.94. The summed E-state index contributed by atoms with van der Waals surface area (Å²) in [7, 11) is 3.04. The molecular formula is C13H15N3O2. The second-order valence-electron chi connectivity index (χ2n) is 3.89. The van der Waals surface area contributed by atoms with Crippen molar-refractivity contribution >= 4 is 0 Å². The van der Waals surface area contributed by atoms with E-state index in [0.717, 1.165) is 5.56 Å². The first-order chi connectivity index (χ1) is 8.71. The molecule has 18 heavy (non-hydrogen) atoms. The molecule has 5 heteroatoms. The highest BCUT2D eigenvalue weighted by Gasteiger charge is 2.07. The largest absolute Gasteiger partial charge is 0.467 e. The molecule has 0 atom stereocenters. The van der Waals surface area contributed by atoms with Gasteiger partial charge in [-0.25, -0.2) is 0 Å². The summed E-state index contributed by atoms with van der Waals surface area (Å²) in [6.07, 6.45) is 0.622. The molecule has 94 valence electrons. The van der Waals surface area contributed by atoms with E-state index in [2.05, 4.69) is 34.0 Å². The smallest absolute Gasteiger partial charge is 0.322 e. The van der Waals surface area contributed by atoms with Gasteiger partial charge in [-0.15, -0.1) is 4.98 Å². The van der Waals surface area contributed by atoms with E-state index in [1.54, 1.807) is 0 Å². The van der Waals surface area contributed by atoms with Gasteiger partial charge in [-0.2, -0.15) is 9.97 Å². The van der Waals surface area contributed by atoms with Crippen molar-refractivity contribution in [2.75, 3.05) is 14.2 Å². The molecule has 0 spiro atoms. The summed E-state index contributed by atoms with van der Waals surface area (Å²) < 4.78 is 10.0. The third-order valence-corrected chi connectivity index (χ3v) is 2.45. The minimum atomic E-state index is 0.268. The van der Waals surface area contributed by atoms with Crippen LogP contribution in [0.3, 0.4) is 0 Å². The molecule has 5 nitrogen and oxygen atoms in total. The second kappa shape index (κ2) is 5.44. The molecule has 0 unspecified atom stereocenters.